The highest BCUT2D eigenvalue weighted by Gasteiger charge is 2.14. The zero-order valence-electron chi connectivity index (χ0n) is 16.7. The third-order valence-electron chi connectivity index (χ3n) is 4.46. The van der Waals surface area contributed by atoms with E-state index < -0.39 is 0 Å². The van der Waals surface area contributed by atoms with Gasteiger partial charge >= 0.3 is 0 Å². The third-order valence-corrected chi connectivity index (χ3v) is 4.46. The summed E-state index contributed by atoms with van der Waals surface area (Å²) in [5.74, 6) is 0.777. The van der Waals surface area contributed by atoms with E-state index in [1.165, 1.54) is 0 Å². The Morgan fingerprint density at radius 3 is 2.54 bits per heavy atom. The van der Waals surface area contributed by atoms with Crippen LogP contribution in [0.4, 0.5) is 5.69 Å². The van der Waals surface area contributed by atoms with Gasteiger partial charge in [-0.15, -0.1) is 0 Å². The topological polar surface area (TPSA) is 70.7 Å². The van der Waals surface area contributed by atoms with Gasteiger partial charge in [0.05, 0.1) is 5.36 Å². The second kappa shape index (κ2) is 9.33. The molecule has 0 saturated heterocycles. The van der Waals surface area contributed by atoms with Crippen LogP contribution in [0.25, 0.3) is 33.3 Å². The molecule has 0 atom stereocenters. The normalized spacial score (nSPS) is 11.6. The lowest BCUT2D eigenvalue weighted by Crippen LogP contribution is -2.07. The molecule has 2 aliphatic rings. The van der Waals surface area contributed by atoms with Gasteiger partial charge in [-0.1, -0.05) is 38.1 Å². The lowest BCUT2D eigenvalue weighted by molar-refractivity contribution is 0.399. The quantitative estimate of drug-likeness (QED) is 0.386. The van der Waals surface area contributed by atoms with Crippen LogP contribution in [-0.2, 0) is 0 Å². The molecule has 0 amide bonds. The number of aliphatic hydroxyl groups is 1. The Kier molecular flexibility index (Phi) is 6.61. The van der Waals surface area contributed by atoms with Crippen molar-refractivity contribution in [1.82, 2.24) is 4.98 Å². The molecule has 0 bridgehead atoms. The van der Waals surface area contributed by atoms with Crippen molar-refractivity contribution in [1.29, 1.82) is 0 Å². The molecule has 0 saturated carbocycles. The van der Waals surface area contributed by atoms with E-state index in [2.05, 4.69) is 37.4 Å². The van der Waals surface area contributed by atoms with Crippen molar-refractivity contribution < 1.29 is 9.52 Å². The smallest absolute Gasteiger partial charge is 0.155 e. The van der Waals surface area contributed by atoms with E-state index >= 15 is 0 Å². The number of benzene rings is 3. The molecule has 2 aromatic carbocycles. The van der Waals surface area contributed by atoms with Crippen molar-refractivity contribution >= 4 is 27.6 Å². The maximum absolute atomic E-state index is 7.00. The standard InChI is InChI=1S/C22H23N3O.CH4O/c1-3-11-23-15-9-10-18-20(13-15)26-21-14-19(24-12-4-2)16-7-5-6-8-17(16)22(21)25-18;1-2/h5-10,13-14,23H,3-4,11-12H2,1-2H3;2H,1H3. The van der Waals surface area contributed by atoms with Crippen LogP contribution >= 0.6 is 0 Å². The molecule has 4 rings (SSSR count). The number of rotatable bonds is 5. The van der Waals surface area contributed by atoms with E-state index in [4.69, 9.17) is 19.5 Å². The van der Waals surface area contributed by atoms with Gasteiger partial charge in [0.25, 0.3) is 0 Å². The van der Waals surface area contributed by atoms with Crippen molar-refractivity contribution in [2.45, 2.75) is 26.7 Å². The highest BCUT2D eigenvalue weighted by Crippen LogP contribution is 2.31. The number of nitrogens with zero attached hydrogens (tertiary/aromatic N) is 2. The van der Waals surface area contributed by atoms with Crippen LogP contribution < -0.4 is 10.7 Å². The summed E-state index contributed by atoms with van der Waals surface area (Å²) in [7, 11) is 1.00. The SMILES string of the molecule is CCCN=c1cc2oc3cc(NCCC)ccc3nc-2c2ccccc12.CO. The average Bonchev–Trinajstić information content (AvgIpc) is 2.76. The van der Waals surface area contributed by atoms with Gasteiger partial charge in [-0.25, -0.2) is 4.98 Å². The van der Waals surface area contributed by atoms with Crippen molar-refractivity contribution in [3.8, 4) is 11.5 Å². The first-order valence-electron chi connectivity index (χ1n) is 9.75. The number of hydrogen-bond donors (Lipinski definition) is 2. The van der Waals surface area contributed by atoms with Crippen molar-refractivity contribution in [2.24, 2.45) is 4.99 Å². The molecule has 1 aliphatic heterocycles. The minimum Gasteiger partial charge on any atom is -0.453 e. The molecule has 146 valence electrons. The average molecular weight is 377 g/mol. The summed E-state index contributed by atoms with van der Waals surface area (Å²) in [6, 6.07) is 16.4. The van der Waals surface area contributed by atoms with E-state index in [9.17, 15) is 0 Å². The lowest BCUT2D eigenvalue weighted by Gasteiger charge is -2.11. The summed E-state index contributed by atoms with van der Waals surface area (Å²) in [4.78, 5) is 9.63. The highest BCUT2D eigenvalue weighted by molar-refractivity contribution is 5.96. The maximum atomic E-state index is 7.00. The summed E-state index contributed by atoms with van der Waals surface area (Å²) >= 11 is 0. The molecule has 0 radical (unpaired) electrons. The molecule has 1 aliphatic carbocycles. The number of fused-ring (bicyclic) bond motifs is 4. The number of anilines is 1. The molecule has 2 N–H and O–H groups in total. The van der Waals surface area contributed by atoms with Crippen LogP contribution in [-0.4, -0.2) is 30.3 Å². The summed E-state index contributed by atoms with van der Waals surface area (Å²) in [6.07, 6.45) is 2.10. The zero-order chi connectivity index (χ0) is 19.9. The highest BCUT2D eigenvalue weighted by atomic mass is 16.3. The Bertz CT molecular complexity index is 1100. The fraction of sp³-hybridized carbons (Fsp3) is 0.304. The fourth-order valence-electron chi connectivity index (χ4n) is 3.18. The van der Waals surface area contributed by atoms with Crippen LogP contribution in [0.15, 0.2) is 57.9 Å². The first kappa shape index (κ1) is 19.8. The summed E-state index contributed by atoms with van der Waals surface area (Å²) in [5, 5.41) is 13.6. The molecule has 1 heterocycles. The van der Waals surface area contributed by atoms with Crippen LogP contribution in [0.1, 0.15) is 26.7 Å². The molecule has 0 fully saturated rings. The maximum Gasteiger partial charge on any atom is 0.155 e. The Balaban J connectivity index is 0.00000109. The molecule has 5 heteroatoms. The van der Waals surface area contributed by atoms with Crippen molar-refractivity contribution in [2.75, 3.05) is 25.5 Å². The molecule has 5 nitrogen and oxygen atoms in total. The van der Waals surface area contributed by atoms with E-state index in [0.717, 1.165) is 77.4 Å². The van der Waals surface area contributed by atoms with Gasteiger partial charge in [0.15, 0.2) is 11.3 Å². The minimum atomic E-state index is 0.777. The first-order valence-corrected chi connectivity index (χ1v) is 9.75. The predicted molar refractivity (Wildman–Crippen MR) is 116 cm³/mol. The van der Waals surface area contributed by atoms with Gasteiger partial charge in [0.1, 0.15) is 11.2 Å². The molecular formula is C23H27N3O2. The number of aromatic nitrogens is 1. The minimum absolute atomic E-state index is 0.777. The Morgan fingerprint density at radius 1 is 1.00 bits per heavy atom. The molecular weight excluding hydrogens is 350 g/mol. The van der Waals surface area contributed by atoms with E-state index in [-0.39, 0.29) is 0 Å². The van der Waals surface area contributed by atoms with E-state index in [1.54, 1.807) is 0 Å². The van der Waals surface area contributed by atoms with E-state index in [0.29, 0.717) is 0 Å². The zero-order valence-corrected chi connectivity index (χ0v) is 16.7. The van der Waals surface area contributed by atoms with Gasteiger partial charge in [-0.3, -0.25) is 4.99 Å². The Morgan fingerprint density at radius 2 is 1.79 bits per heavy atom. The van der Waals surface area contributed by atoms with Gasteiger partial charge in [0, 0.05) is 48.8 Å². The predicted octanol–water partition coefficient (Wildman–Crippen LogP) is 4.83. The van der Waals surface area contributed by atoms with E-state index in [1.807, 2.05) is 30.3 Å². The second-order valence-corrected chi connectivity index (χ2v) is 6.49. The van der Waals surface area contributed by atoms with Gasteiger partial charge in [-0.05, 0) is 25.0 Å². The Hall–Kier alpha value is -2.92. The van der Waals surface area contributed by atoms with Gasteiger partial charge in [-0.2, -0.15) is 0 Å². The summed E-state index contributed by atoms with van der Waals surface area (Å²) < 4.78 is 6.23. The van der Waals surface area contributed by atoms with Crippen LogP contribution in [0.5, 0.6) is 0 Å². The van der Waals surface area contributed by atoms with Crippen LogP contribution in [0, 0.1) is 0 Å². The van der Waals surface area contributed by atoms with Gasteiger partial charge < -0.3 is 14.8 Å². The third kappa shape index (κ3) is 3.99. The Labute approximate surface area is 165 Å². The molecule has 2 aromatic rings. The molecule has 0 aromatic heterocycles. The molecule has 0 spiro atoms. The summed E-state index contributed by atoms with van der Waals surface area (Å²) in [6.45, 7) is 6.04. The number of aliphatic hydroxyl groups excluding tert-OH is 1. The second-order valence-electron chi connectivity index (χ2n) is 6.49. The monoisotopic (exact) mass is 377 g/mol. The fourth-order valence-corrected chi connectivity index (χ4v) is 3.18. The molecule has 28 heavy (non-hydrogen) atoms. The van der Waals surface area contributed by atoms with Gasteiger partial charge in [0.2, 0.25) is 0 Å². The lowest BCUT2D eigenvalue weighted by atomic mass is 10.0. The molecule has 0 unspecified atom stereocenters. The van der Waals surface area contributed by atoms with Crippen molar-refractivity contribution in [3.05, 3.63) is 53.9 Å². The largest absolute Gasteiger partial charge is 0.453 e. The van der Waals surface area contributed by atoms with Crippen molar-refractivity contribution in [3.63, 3.8) is 0 Å². The summed E-state index contributed by atoms with van der Waals surface area (Å²) in [5.41, 5.74) is 3.59. The number of hydrogen-bond acceptors (Lipinski definition) is 5. The van der Waals surface area contributed by atoms with Crippen LogP contribution in [0.3, 0.4) is 0 Å². The number of nitrogens with one attached hydrogen (secondary N) is 1. The van der Waals surface area contributed by atoms with Crippen LogP contribution in [0.2, 0.25) is 0 Å². The first-order chi connectivity index (χ1) is 13.8.